The van der Waals surface area contributed by atoms with Gasteiger partial charge in [0, 0.05) is 43.4 Å². The van der Waals surface area contributed by atoms with E-state index in [1.807, 2.05) is 67.0 Å². The molecule has 5 aromatic carbocycles. The molecule has 0 saturated carbocycles. The summed E-state index contributed by atoms with van der Waals surface area (Å²) in [7, 11) is 0. The first-order valence-electron chi connectivity index (χ1n) is 15.5. The van der Waals surface area contributed by atoms with Gasteiger partial charge in [0.05, 0.1) is 5.58 Å². The van der Waals surface area contributed by atoms with Crippen molar-refractivity contribution in [1.29, 1.82) is 0 Å². The van der Waals surface area contributed by atoms with E-state index in [9.17, 15) is 0 Å². The fourth-order valence-electron chi connectivity index (χ4n) is 5.76. The Labute approximate surface area is 289 Å². The van der Waals surface area contributed by atoms with Crippen molar-refractivity contribution in [1.82, 2.24) is 9.97 Å². The number of pyridine rings is 2. The fourth-order valence-corrected chi connectivity index (χ4v) is 5.76. The van der Waals surface area contributed by atoms with Crippen LogP contribution in [0.3, 0.4) is 0 Å². The van der Waals surface area contributed by atoms with Crippen molar-refractivity contribution < 1.29 is 24.5 Å². The minimum absolute atomic E-state index is 0. The van der Waals surface area contributed by atoms with Crippen molar-refractivity contribution in [2.75, 3.05) is 0 Å². The molecule has 1 unspecified atom stereocenters. The van der Waals surface area contributed by atoms with Crippen LogP contribution in [-0.2, 0) is 20.1 Å². The maximum absolute atomic E-state index is 5.89. The summed E-state index contributed by atoms with van der Waals surface area (Å²) in [5.74, 6) is 0.380. The fraction of sp³-hybridized carbons (Fsp3) is 0.0698. The Balaban J connectivity index is 0.000000167. The average molecular weight is 785 g/mol. The molecule has 47 heavy (non-hydrogen) atoms. The second-order valence-electron chi connectivity index (χ2n) is 11.4. The van der Waals surface area contributed by atoms with Gasteiger partial charge in [-0.25, -0.2) is 0 Å². The molecule has 3 heterocycles. The zero-order valence-electron chi connectivity index (χ0n) is 26.1. The molecule has 0 fully saturated rings. The summed E-state index contributed by atoms with van der Waals surface area (Å²) in [5.41, 5.74) is 11.8. The zero-order valence-corrected chi connectivity index (χ0v) is 28.5. The van der Waals surface area contributed by atoms with Crippen molar-refractivity contribution >= 4 is 21.9 Å². The van der Waals surface area contributed by atoms with Crippen molar-refractivity contribution in [2.45, 2.75) is 19.8 Å². The number of hydrogen-bond donors (Lipinski definition) is 0. The molecule has 0 aliphatic rings. The van der Waals surface area contributed by atoms with Gasteiger partial charge in [-0.15, -0.1) is 59.2 Å². The van der Waals surface area contributed by atoms with Gasteiger partial charge >= 0.3 is 0 Å². The molecule has 1 radical (unpaired) electrons. The molecule has 1 atom stereocenters. The summed E-state index contributed by atoms with van der Waals surface area (Å²) in [6, 6.07) is 54.1. The van der Waals surface area contributed by atoms with E-state index in [4.69, 9.17) is 9.40 Å². The Bertz CT molecular complexity index is 2210. The van der Waals surface area contributed by atoms with Gasteiger partial charge in [0.2, 0.25) is 0 Å². The van der Waals surface area contributed by atoms with E-state index in [1.54, 1.807) is 0 Å². The molecular weight excluding hydrogens is 753 g/mol. The summed E-state index contributed by atoms with van der Waals surface area (Å²) >= 11 is 0. The molecular formula is C43H32IrN2O-2. The topological polar surface area (TPSA) is 38.9 Å². The van der Waals surface area contributed by atoms with Crippen LogP contribution in [0.2, 0.25) is 0 Å². The van der Waals surface area contributed by atoms with Crippen LogP contribution in [0.1, 0.15) is 29.5 Å². The first-order valence-corrected chi connectivity index (χ1v) is 15.5. The maximum Gasteiger partial charge on any atom is 0.120 e. The van der Waals surface area contributed by atoms with E-state index in [2.05, 4.69) is 116 Å². The molecule has 0 spiro atoms. The Morgan fingerprint density at radius 1 is 0.596 bits per heavy atom. The van der Waals surface area contributed by atoms with Crippen LogP contribution >= 0.6 is 0 Å². The third-order valence-electron chi connectivity index (χ3n) is 8.36. The summed E-state index contributed by atoms with van der Waals surface area (Å²) < 4.78 is 5.89. The quantitative estimate of drug-likeness (QED) is 0.163. The third-order valence-corrected chi connectivity index (χ3v) is 8.36. The number of aryl methyl sites for hydroxylation is 1. The molecule has 8 rings (SSSR count). The molecule has 4 heteroatoms. The van der Waals surface area contributed by atoms with Gasteiger partial charge in [-0.05, 0) is 53.1 Å². The van der Waals surface area contributed by atoms with E-state index in [-0.39, 0.29) is 20.1 Å². The summed E-state index contributed by atoms with van der Waals surface area (Å²) in [6.45, 7) is 4.35. The van der Waals surface area contributed by atoms with E-state index >= 15 is 0 Å². The van der Waals surface area contributed by atoms with E-state index in [0.717, 1.165) is 50.0 Å². The van der Waals surface area contributed by atoms with Crippen LogP contribution in [0.15, 0.2) is 156 Å². The molecule has 3 aromatic heterocycles. The largest absolute Gasteiger partial charge is 0.500 e. The Morgan fingerprint density at radius 3 is 2.04 bits per heavy atom. The monoisotopic (exact) mass is 785 g/mol. The van der Waals surface area contributed by atoms with Crippen LogP contribution < -0.4 is 0 Å². The minimum Gasteiger partial charge on any atom is -0.500 e. The Hall–Kier alpha value is -5.15. The molecule has 3 nitrogen and oxygen atoms in total. The molecule has 0 N–H and O–H groups in total. The first kappa shape index (κ1) is 31.8. The number of hydrogen-bond acceptors (Lipinski definition) is 3. The van der Waals surface area contributed by atoms with Gasteiger partial charge in [0.1, 0.15) is 5.58 Å². The van der Waals surface area contributed by atoms with Crippen molar-refractivity contribution in [2.24, 2.45) is 0 Å². The second-order valence-corrected chi connectivity index (χ2v) is 11.4. The average Bonchev–Trinajstić information content (AvgIpc) is 3.51. The van der Waals surface area contributed by atoms with Gasteiger partial charge in [-0.1, -0.05) is 109 Å². The SMILES string of the molecule is CC(c1c[c-]c(-c2ccccn2)cc1)c1ccccc1.Cc1cc(-c2[c-]cc3oc4ccccc4c3c2)ncc1-c1ccccc1.[Ir]. The molecule has 0 amide bonds. The van der Waals surface area contributed by atoms with Gasteiger partial charge in [-0.3, -0.25) is 0 Å². The summed E-state index contributed by atoms with van der Waals surface area (Å²) in [6.07, 6.45) is 3.76. The predicted octanol–water partition coefficient (Wildman–Crippen LogP) is 11.1. The van der Waals surface area contributed by atoms with Gasteiger partial charge in [-0.2, -0.15) is 0 Å². The van der Waals surface area contributed by atoms with Gasteiger partial charge < -0.3 is 14.4 Å². The number of aromatic nitrogens is 2. The van der Waals surface area contributed by atoms with Crippen LogP contribution in [0.25, 0.3) is 55.6 Å². The summed E-state index contributed by atoms with van der Waals surface area (Å²) in [4.78, 5) is 9.05. The number of para-hydroxylation sites is 1. The first-order chi connectivity index (χ1) is 22.6. The van der Waals surface area contributed by atoms with Gasteiger partial charge in [0.15, 0.2) is 0 Å². The van der Waals surface area contributed by atoms with E-state index in [0.29, 0.717) is 5.92 Å². The number of rotatable bonds is 5. The van der Waals surface area contributed by atoms with Crippen LogP contribution in [0, 0.1) is 19.1 Å². The van der Waals surface area contributed by atoms with Crippen LogP contribution in [0.5, 0.6) is 0 Å². The number of fused-ring (bicyclic) bond motifs is 3. The second kappa shape index (κ2) is 14.5. The van der Waals surface area contributed by atoms with Gasteiger partial charge in [0.25, 0.3) is 0 Å². The standard InChI is InChI=1S/C24H16NO.C19H16N.Ir/c1-16-13-22(25-15-21(16)17-7-3-2-4-8-17)18-11-12-24-20(14-18)19-9-5-6-10-23(19)26-24;1-15(16-7-3-2-4-8-16)17-10-12-18(13-11-17)19-9-5-6-14-20-19;/h2-10,12-15H,1H3;2-12,14-15H,1H3;/q2*-1;. The number of benzene rings is 5. The predicted molar refractivity (Wildman–Crippen MR) is 188 cm³/mol. The number of furan rings is 1. The van der Waals surface area contributed by atoms with E-state index in [1.165, 1.54) is 22.3 Å². The number of nitrogens with zero attached hydrogens (tertiary/aromatic N) is 2. The van der Waals surface area contributed by atoms with E-state index < -0.39 is 0 Å². The molecule has 0 aliphatic carbocycles. The smallest absolute Gasteiger partial charge is 0.120 e. The zero-order chi connectivity index (χ0) is 31.3. The maximum atomic E-state index is 5.89. The Morgan fingerprint density at radius 2 is 1.32 bits per heavy atom. The molecule has 231 valence electrons. The Kier molecular flexibility index (Phi) is 9.83. The van der Waals surface area contributed by atoms with Crippen LogP contribution in [-0.4, -0.2) is 9.97 Å². The van der Waals surface area contributed by atoms with Crippen molar-refractivity contribution in [3.05, 3.63) is 181 Å². The van der Waals surface area contributed by atoms with Crippen molar-refractivity contribution in [3.8, 4) is 33.6 Å². The normalized spacial score (nSPS) is 11.4. The molecule has 0 saturated heterocycles. The molecule has 0 bridgehead atoms. The van der Waals surface area contributed by atoms with Crippen LogP contribution in [0.4, 0.5) is 0 Å². The third kappa shape index (κ3) is 7.00. The minimum atomic E-state index is 0. The summed E-state index contributed by atoms with van der Waals surface area (Å²) in [5, 5.41) is 2.22. The van der Waals surface area contributed by atoms with Crippen molar-refractivity contribution in [3.63, 3.8) is 0 Å². The molecule has 8 aromatic rings. The molecule has 0 aliphatic heterocycles.